The number of piperazine rings is 1. The largest absolute Gasteiger partial charge is 0.450 e. The fourth-order valence-corrected chi connectivity index (χ4v) is 4.17. The summed E-state index contributed by atoms with van der Waals surface area (Å²) in [5, 5.41) is 0.186. The molecular formula is C22H20ClFN4O4S. The van der Waals surface area contributed by atoms with Crippen LogP contribution in [0, 0.1) is 10.6 Å². The van der Waals surface area contributed by atoms with Crippen molar-refractivity contribution in [3.8, 4) is 5.69 Å². The normalized spacial score (nSPS) is 13.9. The summed E-state index contributed by atoms with van der Waals surface area (Å²) in [6, 6.07) is 8.59. The molecule has 1 aliphatic heterocycles. The van der Waals surface area contributed by atoms with Crippen LogP contribution in [0.15, 0.2) is 41.2 Å². The molecule has 0 saturated carbocycles. The van der Waals surface area contributed by atoms with E-state index in [1.807, 2.05) is 0 Å². The van der Waals surface area contributed by atoms with Gasteiger partial charge in [0.2, 0.25) is 0 Å². The number of nitrogens with one attached hydrogen (secondary N) is 1. The molecule has 0 unspecified atom stereocenters. The number of aromatic nitrogens is 2. The Labute approximate surface area is 198 Å². The van der Waals surface area contributed by atoms with E-state index in [0.717, 1.165) is 6.07 Å². The van der Waals surface area contributed by atoms with Gasteiger partial charge in [-0.15, -0.1) is 0 Å². The first-order valence-corrected chi connectivity index (χ1v) is 11.0. The Bertz CT molecular complexity index is 1360. The van der Waals surface area contributed by atoms with Crippen LogP contribution in [0.5, 0.6) is 0 Å². The highest BCUT2D eigenvalue weighted by Crippen LogP contribution is 2.20. The lowest BCUT2D eigenvalue weighted by atomic mass is 10.1. The van der Waals surface area contributed by atoms with Crippen LogP contribution in [-0.2, 0) is 4.74 Å². The van der Waals surface area contributed by atoms with E-state index < -0.39 is 11.4 Å². The number of benzene rings is 2. The van der Waals surface area contributed by atoms with Crippen molar-refractivity contribution in [3.63, 3.8) is 0 Å². The Morgan fingerprint density at radius 1 is 1.12 bits per heavy atom. The molecule has 2 heterocycles. The minimum absolute atomic E-state index is 0.0859. The molecule has 4 rings (SSSR count). The summed E-state index contributed by atoms with van der Waals surface area (Å²) in [7, 11) is 0. The van der Waals surface area contributed by atoms with Crippen LogP contribution in [0.4, 0.5) is 9.18 Å². The van der Waals surface area contributed by atoms with E-state index in [4.69, 9.17) is 28.6 Å². The fourth-order valence-electron chi connectivity index (χ4n) is 3.70. The predicted octanol–water partition coefficient (Wildman–Crippen LogP) is 3.76. The van der Waals surface area contributed by atoms with E-state index in [-0.39, 0.29) is 21.8 Å². The molecule has 11 heteroatoms. The van der Waals surface area contributed by atoms with E-state index in [0.29, 0.717) is 54.9 Å². The van der Waals surface area contributed by atoms with E-state index in [1.54, 1.807) is 34.9 Å². The number of hydrogen-bond donors (Lipinski definition) is 1. The van der Waals surface area contributed by atoms with Crippen molar-refractivity contribution >= 4 is 46.7 Å². The van der Waals surface area contributed by atoms with Gasteiger partial charge in [0, 0.05) is 31.7 Å². The first-order chi connectivity index (χ1) is 15.8. The quantitative estimate of drug-likeness (QED) is 0.565. The summed E-state index contributed by atoms with van der Waals surface area (Å²) >= 11 is 11.2. The summed E-state index contributed by atoms with van der Waals surface area (Å²) in [5.74, 6) is -0.815. The van der Waals surface area contributed by atoms with Gasteiger partial charge in [-0.3, -0.25) is 14.2 Å². The summed E-state index contributed by atoms with van der Waals surface area (Å²) < 4.78 is 19.8. The monoisotopic (exact) mass is 490 g/mol. The molecule has 172 valence electrons. The number of nitrogens with zero attached hydrogens (tertiary/aromatic N) is 3. The molecular weight excluding hydrogens is 471 g/mol. The van der Waals surface area contributed by atoms with E-state index >= 15 is 0 Å². The second-order valence-electron chi connectivity index (χ2n) is 7.41. The Morgan fingerprint density at radius 3 is 2.48 bits per heavy atom. The Kier molecular flexibility index (Phi) is 6.48. The van der Waals surface area contributed by atoms with E-state index in [1.165, 1.54) is 16.7 Å². The van der Waals surface area contributed by atoms with Crippen LogP contribution >= 0.6 is 23.8 Å². The van der Waals surface area contributed by atoms with Gasteiger partial charge < -0.3 is 19.5 Å². The highest BCUT2D eigenvalue weighted by atomic mass is 35.5. The zero-order chi connectivity index (χ0) is 23.7. The number of fused-ring (bicyclic) bond motifs is 1. The molecule has 0 aliphatic carbocycles. The molecule has 8 nitrogen and oxygen atoms in total. The second-order valence-corrected chi connectivity index (χ2v) is 8.20. The summed E-state index contributed by atoms with van der Waals surface area (Å²) in [6.07, 6.45) is -0.387. The Balaban J connectivity index is 1.61. The van der Waals surface area contributed by atoms with Crippen LogP contribution in [0.3, 0.4) is 0 Å². The lowest BCUT2D eigenvalue weighted by Gasteiger charge is -2.34. The molecule has 1 aromatic heterocycles. The maximum atomic E-state index is 13.5. The average Bonchev–Trinajstić information content (AvgIpc) is 2.80. The topological polar surface area (TPSA) is 87.6 Å². The number of ether oxygens (including phenoxy) is 1. The van der Waals surface area contributed by atoms with Crippen LogP contribution in [0.25, 0.3) is 16.6 Å². The van der Waals surface area contributed by atoms with Crippen LogP contribution in [-0.4, -0.2) is 64.1 Å². The van der Waals surface area contributed by atoms with Gasteiger partial charge in [0.1, 0.15) is 5.82 Å². The predicted molar refractivity (Wildman–Crippen MR) is 124 cm³/mol. The van der Waals surface area contributed by atoms with Gasteiger partial charge in [-0.2, -0.15) is 0 Å². The average molecular weight is 491 g/mol. The van der Waals surface area contributed by atoms with Crippen molar-refractivity contribution in [1.82, 2.24) is 19.4 Å². The highest BCUT2D eigenvalue weighted by molar-refractivity contribution is 7.71. The Hall–Kier alpha value is -3.24. The SMILES string of the molecule is CCOC(=O)N1CCN(C(=O)c2ccc3c(=O)n(-c4ccc(F)c(Cl)c4)c(=S)[nH]c3c2)CC1. The fraction of sp³-hybridized carbons (Fsp3) is 0.273. The number of aromatic amines is 1. The standard InChI is InChI=1S/C22H20ClFN4O4S/c1-2-32-22(31)27-9-7-26(8-10-27)19(29)13-3-5-15-18(11-13)25-21(33)28(20(15)30)14-4-6-17(24)16(23)12-14/h3-6,11-12H,2,7-10H2,1H3,(H,25,33). The summed E-state index contributed by atoms with van der Waals surface area (Å²) in [5.41, 5.74) is 0.706. The van der Waals surface area contributed by atoms with E-state index in [2.05, 4.69) is 4.98 Å². The molecule has 3 aromatic rings. The minimum Gasteiger partial charge on any atom is -0.450 e. The molecule has 2 amide bonds. The lowest BCUT2D eigenvalue weighted by molar-refractivity contribution is 0.0570. The third-order valence-corrected chi connectivity index (χ3v) is 5.97. The number of carbonyl (C=O) groups excluding carboxylic acids is 2. The molecule has 1 aliphatic rings. The molecule has 0 spiro atoms. The van der Waals surface area contributed by atoms with Gasteiger partial charge in [0.05, 0.1) is 28.2 Å². The van der Waals surface area contributed by atoms with Gasteiger partial charge in [0.25, 0.3) is 11.5 Å². The van der Waals surface area contributed by atoms with Crippen molar-refractivity contribution in [2.24, 2.45) is 0 Å². The third-order valence-electron chi connectivity index (χ3n) is 5.40. The van der Waals surface area contributed by atoms with Crippen LogP contribution < -0.4 is 5.56 Å². The number of H-pyrrole nitrogens is 1. The second kappa shape index (κ2) is 9.32. The minimum atomic E-state index is -0.601. The first kappa shape index (κ1) is 22.9. The molecule has 1 N–H and O–H groups in total. The first-order valence-electron chi connectivity index (χ1n) is 10.3. The Morgan fingerprint density at radius 2 is 1.82 bits per heavy atom. The van der Waals surface area contributed by atoms with Gasteiger partial charge in [-0.05, 0) is 55.5 Å². The number of rotatable bonds is 3. The molecule has 0 bridgehead atoms. The number of halogens is 2. The zero-order valence-electron chi connectivity index (χ0n) is 17.6. The summed E-state index contributed by atoms with van der Waals surface area (Å²) in [4.78, 5) is 44.1. The van der Waals surface area contributed by atoms with Crippen molar-refractivity contribution in [2.45, 2.75) is 6.92 Å². The number of hydrogen-bond acceptors (Lipinski definition) is 5. The number of amides is 2. The third kappa shape index (κ3) is 4.49. The highest BCUT2D eigenvalue weighted by Gasteiger charge is 2.25. The van der Waals surface area contributed by atoms with E-state index in [9.17, 15) is 18.8 Å². The molecule has 1 fully saturated rings. The molecule has 2 aromatic carbocycles. The molecule has 0 radical (unpaired) electrons. The maximum Gasteiger partial charge on any atom is 0.409 e. The van der Waals surface area contributed by atoms with Crippen LogP contribution in [0.1, 0.15) is 17.3 Å². The van der Waals surface area contributed by atoms with Crippen molar-refractivity contribution in [1.29, 1.82) is 0 Å². The van der Waals surface area contributed by atoms with Gasteiger partial charge in [0.15, 0.2) is 4.77 Å². The smallest absolute Gasteiger partial charge is 0.409 e. The molecule has 33 heavy (non-hydrogen) atoms. The maximum absolute atomic E-state index is 13.5. The summed E-state index contributed by atoms with van der Waals surface area (Å²) in [6.45, 7) is 3.55. The lowest BCUT2D eigenvalue weighted by Crippen LogP contribution is -2.50. The van der Waals surface area contributed by atoms with Crippen molar-refractivity contribution in [2.75, 3.05) is 32.8 Å². The van der Waals surface area contributed by atoms with Crippen molar-refractivity contribution < 1.29 is 18.7 Å². The van der Waals surface area contributed by atoms with Crippen LogP contribution in [0.2, 0.25) is 5.02 Å². The van der Waals surface area contributed by atoms with Gasteiger partial charge in [-0.1, -0.05) is 11.6 Å². The molecule has 0 atom stereocenters. The molecule has 1 saturated heterocycles. The zero-order valence-corrected chi connectivity index (χ0v) is 19.2. The van der Waals surface area contributed by atoms with Crippen molar-refractivity contribution in [3.05, 3.63) is 67.9 Å². The number of carbonyl (C=O) groups is 2. The van der Waals surface area contributed by atoms with Gasteiger partial charge >= 0.3 is 6.09 Å². The van der Waals surface area contributed by atoms with Gasteiger partial charge in [-0.25, -0.2) is 9.18 Å².